The first kappa shape index (κ1) is 15.8. The number of hydrogen-bond donors (Lipinski definition) is 0. The van der Waals surface area contributed by atoms with Gasteiger partial charge in [-0.25, -0.2) is 0 Å². The maximum atomic E-state index is 10.1. The minimum atomic E-state index is -1.13. The van der Waals surface area contributed by atoms with Gasteiger partial charge in [-0.3, -0.25) is 0 Å². The summed E-state index contributed by atoms with van der Waals surface area (Å²) in [6.07, 6.45) is 0. The van der Waals surface area contributed by atoms with Gasteiger partial charge in [0.1, 0.15) is 0 Å². The van der Waals surface area contributed by atoms with Crippen LogP contribution in [0.2, 0.25) is 0 Å². The zero-order chi connectivity index (χ0) is 10.3. The molecule has 0 radical (unpaired) electrons. The van der Waals surface area contributed by atoms with Crippen LogP contribution >= 0.6 is 0 Å². The fraction of sp³-hybridized carbons (Fsp3) is 0.273. The van der Waals surface area contributed by atoms with Crippen molar-refractivity contribution in [1.82, 2.24) is 0 Å². The van der Waals surface area contributed by atoms with Gasteiger partial charge in [0.2, 0.25) is 0 Å². The van der Waals surface area contributed by atoms with Crippen LogP contribution in [0.3, 0.4) is 0 Å². The number of carboxylic acids is 1. The average molecular weight is 244 g/mol. The van der Waals surface area contributed by atoms with Crippen molar-refractivity contribution in [3.05, 3.63) is 41.8 Å². The molecule has 1 aromatic rings. The SMILES string of the molecule is C[C-](C)C.O=C([O-])c1ccccc1.[Zn+2]. The van der Waals surface area contributed by atoms with Gasteiger partial charge in [0.15, 0.2) is 0 Å². The molecule has 0 unspecified atom stereocenters. The van der Waals surface area contributed by atoms with Crippen molar-refractivity contribution in [2.75, 3.05) is 0 Å². The monoisotopic (exact) mass is 242 g/mol. The van der Waals surface area contributed by atoms with Crippen molar-refractivity contribution in [3.63, 3.8) is 0 Å². The molecule has 1 rings (SSSR count). The fourth-order valence-electron chi connectivity index (χ4n) is 0.574. The third-order valence-electron chi connectivity index (χ3n) is 1.01. The second kappa shape index (κ2) is 8.89. The summed E-state index contributed by atoms with van der Waals surface area (Å²) in [7, 11) is 0. The summed E-state index contributed by atoms with van der Waals surface area (Å²) in [5.41, 5.74) is 0.220. The van der Waals surface area contributed by atoms with Crippen molar-refractivity contribution in [2.45, 2.75) is 20.8 Å². The zero-order valence-electron chi connectivity index (χ0n) is 8.91. The van der Waals surface area contributed by atoms with E-state index in [1.165, 1.54) is 18.1 Å². The Morgan fingerprint density at radius 2 is 1.50 bits per heavy atom. The zero-order valence-corrected chi connectivity index (χ0v) is 11.9. The largest absolute Gasteiger partial charge is 2.00 e. The van der Waals surface area contributed by atoms with Gasteiger partial charge in [0.25, 0.3) is 0 Å². The molecule has 0 saturated heterocycles. The maximum absolute atomic E-state index is 10.1. The summed E-state index contributed by atoms with van der Waals surface area (Å²) < 4.78 is 0. The van der Waals surface area contributed by atoms with Crippen LogP contribution in [-0.2, 0) is 19.5 Å². The molecule has 0 aliphatic heterocycles. The van der Waals surface area contributed by atoms with Crippen LogP contribution in [0, 0.1) is 5.92 Å². The van der Waals surface area contributed by atoms with Gasteiger partial charge in [-0.15, -0.1) is 0 Å². The molecule has 0 fully saturated rings. The predicted octanol–water partition coefficient (Wildman–Crippen LogP) is 1.67. The van der Waals surface area contributed by atoms with Crippen LogP contribution in [-0.4, -0.2) is 5.97 Å². The first-order chi connectivity index (χ1) is 6.04. The van der Waals surface area contributed by atoms with E-state index >= 15 is 0 Å². The van der Waals surface area contributed by atoms with Gasteiger partial charge < -0.3 is 15.8 Å². The predicted molar refractivity (Wildman–Crippen MR) is 51.0 cm³/mol. The van der Waals surface area contributed by atoms with Gasteiger partial charge in [-0.2, -0.15) is 20.8 Å². The Hall–Kier alpha value is -0.687. The summed E-state index contributed by atoms with van der Waals surface area (Å²) >= 11 is 0. The number of hydrogen-bond acceptors (Lipinski definition) is 2. The van der Waals surface area contributed by atoms with Crippen LogP contribution in [0.15, 0.2) is 30.3 Å². The minimum absolute atomic E-state index is 0. The smallest absolute Gasteiger partial charge is 0.545 e. The van der Waals surface area contributed by atoms with Gasteiger partial charge in [0.05, 0.1) is 5.97 Å². The van der Waals surface area contributed by atoms with Crippen molar-refractivity contribution in [2.24, 2.45) is 0 Å². The van der Waals surface area contributed by atoms with Crippen LogP contribution < -0.4 is 5.11 Å². The summed E-state index contributed by atoms with van der Waals surface area (Å²) in [5.74, 6) is 0.288. The third-order valence-corrected chi connectivity index (χ3v) is 1.01. The average Bonchev–Trinajstić information content (AvgIpc) is 2.05. The molecule has 1 aromatic carbocycles. The molecule has 0 atom stereocenters. The fourth-order valence-corrected chi connectivity index (χ4v) is 0.574. The normalized spacial score (nSPS) is 8.29. The number of rotatable bonds is 1. The Morgan fingerprint density at radius 3 is 1.71 bits per heavy atom. The number of aromatic carboxylic acids is 1. The molecule has 0 heterocycles. The molecule has 2 nitrogen and oxygen atoms in total. The van der Waals surface area contributed by atoms with E-state index in [0.717, 1.165) is 0 Å². The number of carbonyl (C=O) groups is 1. The Morgan fingerprint density at radius 1 is 1.14 bits per heavy atom. The van der Waals surface area contributed by atoms with Crippen molar-refractivity contribution in [3.8, 4) is 0 Å². The van der Waals surface area contributed by atoms with Crippen LogP contribution in [0.5, 0.6) is 0 Å². The van der Waals surface area contributed by atoms with Crippen LogP contribution in [0.25, 0.3) is 0 Å². The number of carboxylic acid groups (broad SMARTS) is 1. The minimum Gasteiger partial charge on any atom is -0.545 e. The molecule has 0 saturated carbocycles. The molecule has 72 valence electrons. The van der Waals surface area contributed by atoms with Crippen molar-refractivity contribution >= 4 is 5.97 Å². The second-order valence-electron chi connectivity index (χ2n) is 3.15. The van der Waals surface area contributed by atoms with Gasteiger partial charge >= 0.3 is 19.5 Å². The molecule has 0 aliphatic carbocycles. The van der Waals surface area contributed by atoms with Gasteiger partial charge in [0, 0.05) is 0 Å². The molecule has 0 aromatic heterocycles. The third kappa shape index (κ3) is 9.40. The van der Waals surface area contributed by atoms with E-state index in [2.05, 4.69) is 20.8 Å². The molecule has 0 spiro atoms. The molecular weight excluding hydrogens is 230 g/mol. The Balaban J connectivity index is 0. The van der Waals surface area contributed by atoms with Crippen LogP contribution in [0.4, 0.5) is 0 Å². The summed E-state index contributed by atoms with van der Waals surface area (Å²) in [6, 6.07) is 8.06. The van der Waals surface area contributed by atoms with E-state index in [1.54, 1.807) is 18.2 Å². The Kier molecular flexibility index (Phi) is 10.0. The molecular formula is C11H14O2Zn. The Labute approximate surface area is 98.1 Å². The first-order valence-electron chi connectivity index (χ1n) is 4.07. The molecule has 0 N–H and O–H groups in total. The summed E-state index contributed by atoms with van der Waals surface area (Å²) in [6.45, 7) is 6.25. The van der Waals surface area contributed by atoms with E-state index < -0.39 is 5.97 Å². The second-order valence-corrected chi connectivity index (χ2v) is 3.15. The molecule has 14 heavy (non-hydrogen) atoms. The molecule has 0 bridgehead atoms. The van der Waals surface area contributed by atoms with E-state index in [0.29, 0.717) is 0 Å². The number of benzene rings is 1. The summed E-state index contributed by atoms with van der Waals surface area (Å²) in [4.78, 5) is 10.1. The van der Waals surface area contributed by atoms with Crippen molar-refractivity contribution < 1.29 is 29.4 Å². The van der Waals surface area contributed by atoms with E-state index in [1.807, 2.05) is 0 Å². The molecule has 0 aliphatic rings. The molecule has 3 heteroatoms. The topological polar surface area (TPSA) is 40.1 Å². The van der Waals surface area contributed by atoms with E-state index in [4.69, 9.17) is 0 Å². The quantitative estimate of drug-likeness (QED) is 0.556. The Bertz CT molecular complexity index is 242. The standard InChI is InChI=1S/C7H6O2.C4H9.Zn/c8-7(9)6-4-2-1-3-5-6;1-4(2)3;/h1-5H,(H,8,9);1-3H3;/q;-1;+2/p-1. The first-order valence-corrected chi connectivity index (χ1v) is 4.07. The van der Waals surface area contributed by atoms with Crippen LogP contribution in [0.1, 0.15) is 31.1 Å². The van der Waals surface area contributed by atoms with Gasteiger partial charge in [-0.1, -0.05) is 30.3 Å². The van der Waals surface area contributed by atoms with Gasteiger partial charge in [-0.05, 0) is 5.56 Å². The van der Waals surface area contributed by atoms with E-state index in [9.17, 15) is 9.90 Å². The maximum Gasteiger partial charge on any atom is 2.00 e. The molecule has 0 amide bonds. The summed E-state index contributed by atoms with van der Waals surface area (Å²) in [5, 5.41) is 10.1. The van der Waals surface area contributed by atoms with Crippen molar-refractivity contribution in [1.29, 1.82) is 0 Å². The number of carbonyl (C=O) groups excluding carboxylic acids is 1. The van der Waals surface area contributed by atoms with E-state index in [-0.39, 0.29) is 25.0 Å².